The van der Waals surface area contributed by atoms with Gasteiger partial charge in [-0.2, -0.15) is 0 Å². The van der Waals surface area contributed by atoms with Crippen molar-refractivity contribution in [3.8, 4) is 0 Å². The zero-order chi connectivity index (χ0) is 6.81. The van der Waals surface area contributed by atoms with E-state index in [1.165, 1.54) is 18.5 Å². The summed E-state index contributed by atoms with van der Waals surface area (Å²) >= 11 is 0. The number of hydrogen-bond acceptors (Lipinski definition) is 1. The lowest BCUT2D eigenvalue weighted by Gasteiger charge is -2.28. The average molecular weight is 133 g/mol. The van der Waals surface area contributed by atoms with Gasteiger partial charge in [-0.05, 0) is 18.9 Å². The van der Waals surface area contributed by atoms with E-state index in [0.717, 1.165) is 6.54 Å². The molecule has 0 radical (unpaired) electrons. The van der Waals surface area contributed by atoms with Gasteiger partial charge in [-0.15, -0.1) is 0 Å². The van der Waals surface area contributed by atoms with Crippen LogP contribution in [-0.4, -0.2) is 11.4 Å². The normalized spacial score (nSPS) is 22.4. The molecule has 0 fully saturated rings. The van der Waals surface area contributed by atoms with Crippen molar-refractivity contribution in [1.29, 1.82) is 0 Å². The third kappa shape index (κ3) is 0.878. The molecule has 0 saturated carbocycles. The predicted molar refractivity (Wildman–Crippen MR) is 42.3 cm³/mol. The van der Waals surface area contributed by atoms with Gasteiger partial charge in [0.1, 0.15) is 0 Å². The average Bonchev–Trinajstić information content (AvgIpc) is 1.86. The molecule has 1 nitrogen and oxygen atoms in total. The molecule has 0 saturated heterocycles. The molecule has 0 atom stereocenters. The molecule has 0 aromatic heterocycles. The minimum Gasteiger partial charge on any atom is -0.348 e. The van der Waals surface area contributed by atoms with E-state index in [1.807, 2.05) is 0 Å². The van der Waals surface area contributed by atoms with Crippen LogP contribution in [0.2, 0.25) is 0 Å². The largest absolute Gasteiger partial charge is 0.348 e. The van der Waals surface area contributed by atoms with Crippen LogP contribution in [0.4, 0.5) is 0 Å². The molecule has 0 amide bonds. The summed E-state index contributed by atoms with van der Waals surface area (Å²) in [6.45, 7) is 1.06. The number of allylic oxidation sites excluding steroid dienone is 4. The molecule has 0 aromatic rings. The summed E-state index contributed by atoms with van der Waals surface area (Å²) in [5.74, 6) is 0. The summed E-state index contributed by atoms with van der Waals surface area (Å²) in [5, 5.41) is 0. The van der Waals surface area contributed by atoms with Crippen LogP contribution in [-0.2, 0) is 0 Å². The van der Waals surface area contributed by atoms with Crippen molar-refractivity contribution in [3.63, 3.8) is 0 Å². The van der Waals surface area contributed by atoms with Crippen LogP contribution < -0.4 is 0 Å². The maximum atomic E-state index is 2.30. The molecule has 1 aliphatic carbocycles. The lowest BCUT2D eigenvalue weighted by molar-refractivity contribution is 0.462. The van der Waals surface area contributed by atoms with Gasteiger partial charge in [0.15, 0.2) is 0 Å². The van der Waals surface area contributed by atoms with Crippen LogP contribution in [0, 0.1) is 0 Å². The standard InChI is InChI=1S/C9H11N/c1-2-7-10(8-3-1)9-5-4-6-9/h1-3,5,7H,4,6,8H2. The van der Waals surface area contributed by atoms with Crippen LogP contribution in [0.5, 0.6) is 0 Å². The molecule has 1 aliphatic heterocycles. The van der Waals surface area contributed by atoms with E-state index >= 15 is 0 Å². The first-order chi connectivity index (χ1) is 4.97. The Morgan fingerprint density at radius 1 is 1.30 bits per heavy atom. The maximum absolute atomic E-state index is 2.30. The van der Waals surface area contributed by atoms with Crippen LogP contribution >= 0.6 is 0 Å². The molecule has 0 spiro atoms. The highest BCUT2D eigenvalue weighted by Crippen LogP contribution is 2.23. The van der Waals surface area contributed by atoms with Gasteiger partial charge in [0, 0.05) is 18.4 Å². The summed E-state index contributed by atoms with van der Waals surface area (Å²) in [6.07, 6.45) is 13.3. The van der Waals surface area contributed by atoms with E-state index in [4.69, 9.17) is 0 Å². The van der Waals surface area contributed by atoms with Gasteiger partial charge in [-0.3, -0.25) is 0 Å². The summed E-state index contributed by atoms with van der Waals surface area (Å²) in [4.78, 5) is 2.30. The number of nitrogens with zero attached hydrogens (tertiary/aromatic N) is 1. The zero-order valence-electron chi connectivity index (χ0n) is 5.96. The van der Waals surface area contributed by atoms with Crippen molar-refractivity contribution >= 4 is 0 Å². The monoisotopic (exact) mass is 133 g/mol. The first kappa shape index (κ1) is 5.78. The lowest BCUT2D eigenvalue weighted by atomic mass is 10.0. The number of rotatable bonds is 1. The molecule has 2 aliphatic rings. The highest BCUT2D eigenvalue weighted by atomic mass is 15.1. The fraction of sp³-hybridized carbons (Fsp3) is 0.333. The summed E-state index contributed by atoms with van der Waals surface area (Å²) in [5.41, 5.74) is 1.49. The minimum absolute atomic E-state index is 1.06. The molecular weight excluding hydrogens is 122 g/mol. The Morgan fingerprint density at radius 2 is 2.20 bits per heavy atom. The quantitative estimate of drug-likeness (QED) is 0.529. The Morgan fingerprint density at radius 3 is 2.70 bits per heavy atom. The summed E-state index contributed by atoms with van der Waals surface area (Å²) < 4.78 is 0. The molecule has 2 rings (SSSR count). The second-order valence-corrected chi connectivity index (χ2v) is 2.66. The van der Waals surface area contributed by atoms with Gasteiger partial charge in [-0.25, -0.2) is 0 Å². The summed E-state index contributed by atoms with van der Waals surface area (Å²) in [7, 11) is 0. The van der Waals surface area contributed by atoms with Crippen LogP contribution in [0.3, 0.4) is 0 Å². The van der Waals surface area contributed by atoms with Gasteiger partial charge in [0.25, 0.3) is 0 Å². The Bertz CT molecular complexity index is 211. The van der Waals surface area contributed by atoms with Crippen molar-refractivity contribution < 1.29 is 0 Å². The second-order valence-electron chi connectivity index (χ2n) is 2.66. The molecule has 0 N–H and O–H groups in total. The van der Waals surface area contributed by atoms with Gasteiger partial charge in [0.2, 0.25) is 0 Å². The fourth-order valence-electron chi connectivity index (χ4n) is 1.21. The third-order valence-corrected chi connectivity index (χ3v) is 1.96. The predicted octanol–water partition coefficient (Wildman–Crippen LogP) is 2.05. The Kier molecular flexibility index (Phi) is 1.35. The van der Waals surface area contributed by atoms with E-state index < -0.39 is 0 Å². The first-order valence-corrected chi connectivity index (χ1v) is 3.76. The van der Waals surface area contributed by atoms with Crippen molar-refractivity contribution in [2.45, 2.75) is 12.8 Å². The second kappa shape index (κ2) is 2.33. The Labute approximate surface area is 61.3 Å². The van der Waals surface area contributed by atoms with Crippen LogP contribution in [0.1, 0.15) is 12.8 Å². The van der Waals surface area contributed by atoms with Crippen LogP contribution in [0.15, 0.2) is 36.2 Å². The SMILES string of the molecule is C1=CCN(C2=CCC2)C=C1. The van der Waals surface area contributed by atoms with Crippen molar-refractivity contribution in [2.24, 2.45) is 0 Å². The minimum atomic E-state index is 1.06. The van der Waals surface area contributed by atoms with Crippen molar-refractivity contribution in [1.82, 2.24) is 4.90 Å². The number of hydrogen-bond donors (Lipinski definition) is 0. The van der Waals surface area contributed by atoms with E-state index in [9.17, 15) is 0 Å². The van der Waals surface area contributed by atoms with Gasteiger partial charge < -0.3 is 4.90 Å². The van der Waals surface area contributed by atoms with Gasteiger partial charge >= 0.3 is 0 Å². The van der Waals surface area contributed by atoms with E-state index in [1.54, 1.807) is 0 Å². The summed E-state index contributed by atoms with van der Waals surface area (Å²) in [6, 6.07) is 0. The maximum Gasteiger partial charge on any atom is 0.0405 e. The van der Waals surface area contributed by atoms with Crippen molar-refractivity contribution in [2.75, 3.05) is 6.54 Å². The van der Waals surface area contributed by atoms with Crippen LogP contribution in [0.25, 0.3) is 0 Å². The first-order valence-electron chi connectivity index (χ1n) is 3.76. The fourth-order valence-corrected chi connectivity index (χ4v) is 1.21. The molecule has 0 unspecified atom stereocenters. The molecule has 1 heteroatoms. The highest BCUT2D eigenvalue weighted by molar-refractivity contribution is 5.20. The molecule has 0 aromatic carbocycles. The molecular formula is C9H11N. The molecule has 1 heterocycles. The van der Waals surface area contributed by atoms with E-state index in [2.05, 4.69) is 35.4 Å². The van der Waals surface area contributed by atoms with Gasteiger partial charge in [-0.1, -0.05) is 18.2 Å². The topological polar surface area (TPSA) is 3.24 Å². The van der Waals surface area contributed by atoms with E-state index in [0.29, 0.717) is 0 Å². The zero-order valence-corrected chi connectivity index (χ0v) is 5.96. The molecule has 0 bridgehead atoms. The Hall–Kier alpha value is -0.980. The smallest absolute Gasteiger partial charge is 0.0405 e. The molecule has 10 heavy (non-hydrogen) atoms. The lowest BCUT2D eigenvalue weighted by Crippen LogP contribution is -2.21. The van der Waals surface area contributed by atoms with Gasteiger partial charge in [0.05, 0.1) is 0 Å². The third-order valence-electron chi connectivity index (χ3n) is 1.96. The molecule has 52 valence electrons. The van der Waals surface area contributed by atoms with E-state index in [-0.39, 0.29) is 0 Å². The highest BCUT2D eigenvalue weighted by Gasteiger charge is 2.11. The van der Waals surface area contributed by atoms with Crippen molar-refractivity contribution in [3.05, 3.63) is 36.2 Å². The Balaban J connectivity index is 2.06.